The summed E-state index contributed by atoms with van der Waals surface area (Å²) < 4.78 is 5.21. The van der Waals surface area contributed by atoms with Gasteiger partial charge in [-0.2, -0.15) is 0 Å². The van der Waals surface area contributed by atoms with Gasteiger partial charge in [0.15, 0.2) is 0 Å². The van der Waals surface area contributed by atoms with Crippen LogP contribution in [0.25, 0.3) is 0 Å². The molecule has 1 heterocycles. The quantitative estimate of drug-likeness (QED) is 0.788. The van der Waals surface area contributed by atoms with E-state index in [0.717, 1.165) is 74.2 Å². The maximum absolute atomic E-state index is 12.7. The molecule has 152 valence electrons. The van der Waals surface area contributed by atoms with Gasteiger partial charge in [0.1, 0.15) is 5.75 Å². The van der Waals surface area contributed by atoms with E-state index in [1.54, 1.807) is 7.11 Å². The Labute approximate surface area is 168 Å². The third-order valence-corrected chi connectivity index (χ3v) is 5.86. The number of rotatable bonds is 6. The number of methoxy groups -OCH3 is 1. The molecule has 1 aliphatic heterocycles. The van der Waals surface area contributed by atoms with Crippen LogP contribution in [0.15, 0.2) is 29.8 Å². The number of piperidine rings is 1. The molecule has 0 radical (unpaired) electrons. The van der Waals surface area contributed by atoms with E-state index in [-0.39, 0.29) is 11.8 Å². The van der Waals surface area contributed by atoms with Gasteiger partial charge < -0.3 is 15.0 Å². The van der Waals surface area contributed by atoms with Gasteiger partial charge in [0, 0.05) is 30.8 Å². The molecule has 28 heavy (non-hydrogen) atoms. The van der Waals surface area contributed by atoms with Gasteiger partial charge in [-0.05, 0) is 81.5 Å². The lowest BCUT2D eigenvalue weighted by atomic mass is 9.91. The average molecular weight is 385 g/mol. The molecule has 0 spiro atoms. The normalized spacial score (nSPS) is 19.7. The van der Waals surface area contributed by atoms with Gasteiger partial charge >= 0.3 is 0 Å². The zero-order valence-electron chi connectivity index (χ0n) is 17.1. The number of carbonyl (C=O) groups excluding carboxylic acids is 2. The number of aryl methyl sites for hydroxylation is 1. The zero-order valence-corrected chi connectivity index (χ0v) is 17.1. The first-order valence-corrected chi connectivity index (χ1v) is 10.5. The van der Waals surface area contributed by atoms with Crippen molar-refractivity contribution in [1.29, 1.82) is 0 Å². The molecular formula is C23H32N2O3. The molecule has 5 heteroatoms. The highest BCUT2D eigenvalue weighted by Gasteiger charge is 2.26. The maximum Gasteiger partial charge on any atom is 0.249 e. The number of nitrogens with one attached hydrogen (secondary N) is 1. The second-order valence-corrected chi connectivity index (χ2v) is 8.00. The summed E-state index contributed by atoms with van der Waals surface area (Å²) in [7, 11) is 1.63. The Morgan fingerprint density at radius 3 is 2.82 bits per heavy atom. The van der Waals surface area contributed by atoms with E-state index in [0.29, 0.717) is 12.3 Å². The zero-order chi connectivity index (χ0) is 19.9. The topological polar surface area (TPSA) is 58.6 Å². The lowest BCUT2D eigenvalue weighted by molar-refractivity contribution is -0.129. The van der Waals surface area contributed by atoms with E-state index in [2.05, 4.69) is 11.4 Å². The molecule has 1 aromatic rings. The molecule has 1 N–H and O–H groups in total. The number of amides is 2. The number of anilines is 1. The van der Waals surface area contributed by atoms with Crippen LogP contribution in [0, 0.1) is 12.8 Å². The molecule has 1 saturated heterocycles. The highest BCUT2D eigenvalue weighted by Crippen LogP contribution is 2.26. The van der Waals surface area contributed by atoms with Crippen LogP contribution in [-0.2, 0) is 9.59 Å². The second kappa shape index (κ2) is 9.76. The molecule has 0 unspecified atom stereocenters. The van der Waals surface area contributed by atoms with E-state index < -0.39 is 0 Å². The summed E-state index contributed by atoms with van der Waals surface area (Å²) in [6.07, 6.45) is 9.83. The number of hydrogen-bond acceptors (Lipinski definition) is 3. The Morgan fingerprint density at radius 2 is 2.11 bits per heavy atom. The van der Waals surface area contributed by atoms with Crippen LogP contribution < -0.4 is 10.1 Å². The highest BCUT2D eigenvalue weighted by molar-refractivity contribution is 5.93. The standard InChI is InChI=1S/C23H32N2O3/c1-17-15-20(28-2)11-12-21(17)24-22(26)13-10-18-7-6-14-25(16-18)23(27)19-8-4-3-5-9-19/h8,11-12,15,18H,3-7,9-10,13-14,16H2,1-2H3,(H,24,26)/t18-/m0/s1. The van der Waals surface area contributed by atoms with Crippen LogP contribution in [0.5, 0.6) is 5.75 Å². The molecule has 1 fully saturated rings. The third kappa shape index (κ3) is 5.37. The van der Waals surface area contributed by atoms with Crippen LogP contribution in [0.1, 0.15) is 56.9 Å². The molecule has 3 rings (SSSR count). The third-order valence-electron chi connectivity index (χ3n) is 5.86. The minimum Gasteiger partial charge on any atom is -0.497 e. The predicted molar refractivity (Wildman–Crippen MR) is 111 cm³/mol. The molecule has 1 atom stereocenters. The van der Waals surface area contributed by atoms with Crippen molar-refractivity contribution in [3.05, 3.63) is 35.4 Å². The van der Waals surface area contributed by atoms with E-state index in [9.17, 15) is 9.59 Å². The summed E-state index contributed by atoms with van der Waals surface area (Å²) in [5, 5.41) is 3.00. The summed E-state index contributed by atoms with van der Waals surface area (Å²) in [4.78, 5) is 27.1. The van der Waals surface area contributed by atoms with Crippen molar-refractivity contribution in [3.8, 4) is 5.75 Å². The van der Waals surface area contributed by atoms with Gasteiger partial charge in [0.05, 0.1) is 7.11 Å². The Hall–Kier alpha value is -2.30. The molecule has 0 aromatic heterocycles. The van der Waals surface area contributed by atoms with Gasteiger partial charge in [0.25, 0.3) is 0 Å². The average Bonchev–Trinajstić information content (AvgIpc) is 2.74. The van der Waals surface area contributed by atoms with Crippen molar-refractivity contribution in [2.75, 3.05) is 25.5 Å². The number of benzene rings is 1. The van der Waals surface area contributed by atoms with Crippen LogP contribution in [0.3, 0.4) is 0 Å². The predicted octanol–water partition coefficient (Wildman–Crippen LogP) is 4.46. The van der Waals surface area contributed by atoms with Gasteiger partial charge in [-0.25, -0.2) is 0 Å². The first-order valence-electron chi connectivity index (χ1n) is 10.5. The van der Waals surface area contributed by atoms with Gasteiger partial charge in [-0.15, -0.1) is 0 Å². The lowest BCUT2D eigenvalue weighted by Gasteiger charge is -2.34. The Morgan fingerprint density at radius 1 is 1.25 bits per heavy atom. The van der Waals surface area contributed by atoms with Crippen LogP contribution in [0.2, 0.25) is 0 Å². The smallest absolute Gasteiger partial charge is 0.249 e. The molecule has 2 aliphatic rings. The number of hydrogen-bond donors (Lipinski definition) is 1. The Kier molecular flexibility index (Phi) is 7.12. The van der Waals surface area contributed by atoms with Gasteiger partial charge in [0.2, 0.25) is 11.8 Å². The van der Waals surface area contributed by atoms with E-state index in [1.807, 2.05) is 30.0 Å². The summed E-state index contributed by atoms with van der Waals surface area (Å²) >= 11 is 0. The first-order chi connectivity index (χ1) is 13.6. The van der Waals surface area contributed by atoms with E-state index in [1.165, 1.54) is 6.42 Å². The highest BCUT2D eigenvalue weighted by atomic mass is 16.5. The molecule has 0 bridgehead atoms. The Bertz CT molecular complexity index is 741. The minimum absolute atomic E-state index is 0.0340. The largest absolute Gasteiger partial charge is 0.497 e. The van der Waals surface area contributed by atoms with Crippen molar-refractivity contribution in [2.45, 2.75) is 58.3 Å². The van der Waals surface area contributed by atoms with Crippen molar-refractivity contribution >= 4 is 17.5 Å². The number of carbonyl (C=O) groups is 2. The molecule has 1 aliphatic carbocycles. The van der Waals surface area contributed by atoms with E-state index >= 15 is 0 Å². The fourth-order valence-electron chi connectivity index (χ4n) is 4.17. The lowest BCUT2D eigenvalue weighted by Crippen LogP contribution is -2.41. The number of allylic oxidation sites excluding steroid dienone is 1. The summed E-state index contributed by atoms with van der Waals surface area (Å²) in [5.74, 6) is 1.45. The monoisotopic (exact) mass is 384 g/mol. The number of nitrogens with zero attached hydrogens (tertiary/aromatic N) is 1. The van der Waals surface area contributed by atoms with Gasteiger partial charge in [-0.3, -0.25) is 9.59 Å². The second-order valence-electron chi connectivity index (χ2n) is 8.00. The molecule has 2 amide bonds. The van der Waals surface area contributed by atoms with Crippen LogP contribution in [0.4, 0.5) is 5.69 Å². The van der Waals surface area contributed by atoms with Gasteiger partial charge in [-0.1, -0.05) is 6.08 Å². The minimum atomic E-state index is 0.0340. The van der Waals surface area contributed by atoms with Crippen molar-refractivity contribution in [3.63, 3.8) is 0 Å². The molecule has 5 nitrogen and oxygen atoms in total. The molecule has 0 saturated carbocycles. The van der Waals surface area contributed by atoms with Crippen LogP contribution in [-0.4, -0.2) is 36.9 Å². The maximum atomic E-state index is 12.7. The van der Waals surface area contributed by atoms with Crippen molar-refractivity contribution in [2.24, 2.45) is 5.92 Å². The van der Waals surface area contributed by atoms with Crippen molar-refractivity contribution < 1.29 is 14.3 Å². The summed E-state index contributed by atoms with van der Waals surface area (Å²) in [6.45, 7) is 3.59. The summed E-state index contributed by atoms with van der Waals surface area (Å²) in [5.41, 5.74) is 2.82. The molecule has 1 aromatic carbocycles. The van der Waals surface area contributed by atoms with Crippen LogP contribution >= 0.6 is 0 Å². The SMILES string of the molecule is COc1ccc(NC(=O)CC[C@@H]2CCCN(C(=O)C3=CCCCC3)C2)c(C)c1. The number of likely N-dealkylation sites (tertiary alicyclic amines) is 1. The Balaban J connectivity index is 1.48. The first kappa shape index (κ1) is 20.4. The summed E-state index contributed by atoms with van der Waals surface area (Å²) in [6, 6.07) is 5.65. The number of ether oxygens (including phenoxy) is 1. The molecular weight excluding hydrogens is 352 g/mol. The van der Waals surface area contributed by atoms with Crippen molar-refractivity contribution in [1.82, 2.24) is 4.90 Å². The van der Waals surface area contributed by atoms with E-state index in [4.69, 9.17) is 4.74 Å². The fraction of sp³-hybridized carbons (Fsp3) is 0.565. The fourth-order valence-corrected chi connectivity index (χ4v) is 4.17.